The van der Waals surface area contributed by atoms with E-state index in [0.717, 1.165) is 5.69 Å². The molecule has 162 valence electrons. The van der Waals surface area contributed by atoms with Gasteiger partial charge in [-0.15, -0.1) is 5.10 Å². The largest absolute Gasteiger partial charge is 0.351 e. The molecule has 1 aliphatic rings. The lowest BCUT2D eigenvalue weighted by molar-refractivity contribution is 0.0747. The van der Waals surface area contributed by atoms with E-state index in [0.29, 0.717) is 63.8 Å². The van der Waals surface area contributed by atoms with Gasteiger partial charge in [0, 0.05) is 36.2 Å². The van der Waals surface area contributed by atoms with Crippen LogP contribution in [0.3, 0.4) is 0 Å². The highest BCUT2D eigenvalue weighted by Gasteiger charge is 2.26. The highest BCUT2D eigenvalue weighted by molar-refractivity contribution is 6.35. The number of rotatable bonds is 3. The van der Waals surface area contributed by atoms with E-state index in [9.17, 15) is 4.79 Å². The zero-order valence-corrected chi connectivity index (χ0v) is 18.9. The van der Waals surface area contributed by atoms with E-state index in [1.807, 2.05) is 12.1 Å². The van der Waals surface area contributed by atoms with Crippen LogP contribution in [0, 0.1) is 0 Å². The van der Waals surface area contributed by atoms with Gasteiger partial charge in [-0.2, -0.15) is 4.68 Å². The number of hydrogen-bond acceptors (Lipinski definition) is 6. The molecule has 4 aromatic rings. The molecule has 1 saturated heterocycles. The Bertz CT molecular complexity index is 1300. The van der Waals surface area contributed by atoms with E-state index >= 15 is 0 Å². The van der Waals surface area contributed by atoms with Gasteiger partial charge in [0.15, 0.2) is 17.0 Å². The number of aromatic nitrogens is 5. The van der Waals surface area contributed by atoms with Crippen molar-refractivity contribution in [2.75, 3.05) is 31.1 Å². The molecule has 11 heteroatoms. The zero-order valence-electron chi connectivity index (χ0n) is 16.6. The third-order valence-electron chi connectivity index (χ3n) is 5.31. The van der Waals surface area contributed by atoms with Gasteiger partial charge in [-0.25, -0.2) is 9.97 Å². The van der Waals surface area contributed by atoms with Crippen LogP contribution in [0.1, 0.15) is 10.4 Å². The Morgan fingerprint density at radius 2 is 1.59 bits per heavy atom. The number of anilines is 1. The highest BCUT2D eigenvalue weighted by atomic mass is 35.5. The first-order valence-corrected chi connectivity index (χ1v) is 11.0. The smallest absolute Gasteiger partial charge is 0.255 e. The summed E-state index contributed by atoms with van der Waals surface area (Å²) in [6, 6.07) is 12.2. The van der Waals surface area contributed by atoms with E-state index in [-0.39, 0.29) is 5.91 Å². The van der Waals surface area contributed by atoms with Gasteiger partial charge in [-0.1, -0.05) is 40.0 Å². The van der Waals surface area contributed by atoms with Crippen molar-refractivity contribution in [3.05, 3.63) is 69.4 Å². The molecule has 2 aromatic heterocycles. The number of amides is 1. The fourth-order valence-electron chi connectivity index (χ4n) is 3.68. The van der Waals surface area contributed by atoms with Crippen LogP contribution in [0.15, 0.2) is 48.8 Å². The van der Waals surface area contributed by atoms with Gasteiger partial charge >= 0.3 is 0 Å². The van der Waals surface area contributed by atoms with Crippen molar-refractivity contribution in [3.63, 3.8) is 0 Å². The Kier molecular flexibility index (Phi) is 5.58. The van der Waals surface area contributed by atoms with Crippen molar-refractivity contribution in [2.45, 2.75) is 0 Å². The normalized spacial score (nSPS) is 14.2. The fourth-order valence-corrected chi connectivity index (χ4v) is 4.17. The molecule has 8 nitrogen and oxygen atoms in total. The highest BCUT2D eigenvalue weighted by Crippen LogP contribution is 2.26. The van der Waals surface area contributed by atoms with E-state index in [1.54, 1.807) is 39.9 Å². The van der Waals surface area contributed by atoms with Crippen LogP contribution in [0.4, 0.5) is 5.82 Å². The Balaban J connectivity index is 1.37. The monoisotopic (exact) mass is 487 g/mol. The number of carbonyl (C=O) groups excluding carboxylic acids is 1. The van der Waals surface area contributed by atoms with Gasteiger partial charge < -0.3 is 9.80 Å². The third-order valence-corrected chi connectivity index (χ3v) is 6.13. The van der Waals surface area contributed by atoms with Crippen molar-refractivity contribution in [2.24, 2.45) is 0 Å². The van der Waals surface area contributed by atoms with Crippen LogP contribution in [-0.2, 0) is 0 Å². The van der Waals surface area contributed by atoms with Crippen molar-refractivity contribution in [1.29, 1.82) is 0 Å². The molecule has 0 N–H and O–H groups in total. The van der Waals surface area contributed by atoms with Crippen molar-refractivity contribution >= 4 is 57.7 Å². The second-order valence-corrected chi connectivity index (χ2v) is 8.53. The van der Waals surface area contributed by atoms with E-state index in [1.165, 1.54) is 6.33 Å². The number of nitrogens with zero attached hydrogens (tertiary/aromatic N) is 7. The minimum Gasteiger partial charge on any atom is -0.351 e. The number of benzene rings is 2. The Labute approximate surface area is 198 Å². The summed E-state index contributed by atoms with van der Waals surface area (Å²) in [5.41, 5.74) is 2.40. The molecular formula is C21H16Cl3N7O. The molecule has 0 bridgehead atoms. The zero-order chi connectivity index (χ0) is 22.2. The van der Waals surface area contributed by atoms with Crippen LogP contribution in [0.25, 0.3) is 16.9 Å². The lowest BCUT2D eigenvalue weighted by Crippen LogP contribution is -2.49. The maximum Gasteiger partial charge on any atom is 0.255 e. The summed E-state index contributed by atoms with van der Waals surface area (Å²) in [4.78, 5) is 25.6. The third kappa shape index (κ3) is 3.85. The van der Waals surface area contributed by atoms with Crippen molar-refractivity contribution in [3.8, 4) is 5.69 Å². The summed E-state index contributed by atoms with van der Waals surface area (Å²) in [5.74, 6) is 0.543. The van der Waals surface area contributed by atoms with Gasteiger partial charge in [0.05, 0.1) is 16.3 Å². The van der Waals surface area contributed by atoms with Gasteiger partial charge in [0.1, 0.15) is 6.33 Å². The topological polar surface area (TPSA) is 80.0 Å². The Hall–Kier alpha value is -2.94. The first-order chi connectivity index (χ1) is 15.5. The molecule has 1 fully saturated rings. The summed E-state index contributed by atoms with van der Waals surface area (Å²) in [6.45, 7) is 2.20. The molecular weight excluding hydrogens is 473 g/mol. The summed E-state index contributed by atoms with van der Waals surface area (Å²) in [7, 11) is 0. The van der Waals surface area contributed by atoms with Gasteiger partial charge in [-0.3, -0.25) is 4.79 Å². The Morgan fingerprint density at radius 1 is 0.875 bits per heavy atom. The lowest BCUT2D eigenvalue weighted by atomic mass is 10.1. The number of halogens is 3. The molecule has 0 radical (unpaired) electrons. The summed E-state index contributed by atoms with van der Waals surface area (Å²) in [6.07, 6.45) is 1.50. The van der Waals surface area contributed by atoms with E-state index in [2.05, 4.69) is 25.2 Å². The van der Waals surface area contributed by atoms with E-state index in [4.69, 9.17) is 34.8 Å². The molecule has 5 rings (SSSR count). The number of hydrogen-bond donors (Lipinski definition) is 0. The second kappa shape index (κ2) is 8.54. The SMILES string of the molecule is O=C(c1cc(Cl)ccc1Cl)N1CCN(c2ncnc3c2nnn3-c2ccc(Cl)cc2)CC1. The quantitative estimate of drug-likeness (QED) is 0.431. The van der Waals surface area contributed by atoms with Crippen LogP contribution in [0.5, 0.6) is 0 Å². The molecule has 0 aliphatic carbocycles. The van der Waals surface area contributed by atoms with Crippen molar-refractivity contribution in [1.82, 2.24) is 29.9 Å². The maximum absolute atomic E-state index is 12.9. The van der Waals surface area contributed by atoms with E-state index < -0.39 is 0 Å². The summed E-state index contributed by atoms with van der Waals surface area (Å²) < 4.78 is 1.65. The van der Waals surface area contributed by atoms with Gasteiger partial charge in [0.2, 0.25) is 0 Å². The van der Waals surface area contributed by atoms with Gasteiger partial charge in [-0.05, 0) is 42.5 Å². The first-order valence-electron chi connectivity index (χ1n) is 9.83. The van der Waals surface area contributed by atoms with Crippen molar-refractivity contribution < 1.29 is 4.79 Å². The second-order valence-electron chi connectivity index (χ2n) is 7.25. The predicted octanol–water partition coefficient (Wildman–Crippen LogP) is 4.13. The number of carbonyl (C=O) groups is 1. The molecule has 0 spiro atoms. The average molecular weight is 489 g/mol. The summed E-state index contributed by atoms with van der Waals surface area (Å²) in [5, 5.41) is 10.1. The molecule has 1 aliphatic heterocycles. The predicted molar refractivity (Wildman–Crippen MR) is 124 cm³/mol. The molecule has 1 amide bonds. The van der Waals surface area contributed by atoms with Crippen LogP contribution in [-0.4, -0.2) is 61.9 Å². The van der Waals surface area contributed by atoms with Gasteiger partial charge in [0.25, 0.3) is 5.91 Å². The average Bonchev–Trinajstić information content (AvgIpc) is 3.25. The number of piperazine rings is 1. The molecule has 32 heavy (non-hydrogen) atoms. The molecule has 0 saturated carbocycles. The Morgan fingerprint density at radius 3 is 2.34 bits per heavy atom. The van der Waals surface area contributed by atoms with Crippen LogP contribution in [0.2, 0.25) is 15.1 Å². The molecule has 2 aromatic carbocycles. The molecule has 0 unspecified atom stereocenters. The number of fused-ring (bicyclic) bond motifs is 1. The summed E-state index contributed by atoms with van der Waals surface area (Å²) >= 11 is 18.2. The first kappa shape index (κ1) is 20.9. The van der Waals surface area contributed by atoms with Crippen LogP contribution >= 0.6 is 34.8 Å². The molecule has 3 heterocycles. The fraction of sp³-hybridized carbons (Fsp3) is 0.190. The minimum absolute atomic E-state index is 0.140. The van der Waals surface area contributed by atoms with Crippen LogP contribution < -0.4 is 4.90 Å². The lowest BCUT2D eigenvalue weighted by Gasteiger charge is -2.35. The minimum atomic E-state index is -0.140. The maximum atomic E-state index is 12.9. The molecule has 0 atom stereocenters. The standard InChI is InChI=1S/C21H16Cl3N7O/c22-13-1-4-15(5-2-13)31-20-18(27-28-31)19(25-12-26-20)29-7-9-30(10-8-29)21(32)16-11-14(23)3-6-17(16)24/h1-6,11-12H,7-10H2.